The first-order valence-corrected chi connectivity index (χ1v) is 7.05. The van der Waals surface area contributed by atoms with Gasteiger partial charge in [-0.15, -0.1) is 0 Å². The fourth-order valence-corrected chi connectivity index (χ4v) is 2.62. The van der Waals surface area contributed by atoms with E-state index in [-0.39, 0.29) is 12.1 Å². The molecule has 1 aliphatic carbocycles. The van der Waals surface area contributed by atoms with Crippen LogP contribution in [0.1, 0.15) is 39.5 Å². The van der Waals surface area contributed by atoms with Crippen molar-refractivity contribution in [1.82, 2.24) is 9.97 Å². The van der Waals surface area contributed by atoms with Crippen molar-refractivity contribution in [3.8, 4) is 5.88 Å². The first kappa shape index (κ1) is 14.1. The molecule has 1 aromatic heterocycles. The molecule has 1 aliphatic rings. The molecule has 1 aromatic rings. The number of likely N-dealkylation sites (N-methyl/N-ethyl adjacent to an activating group) is 1. The molecule has 2 atom stereocenters. The maximum absolute atomic E-state index is 6.22. The molecule has 2 unspecified atom stereocenters. The van der Waals surface area contributed by atoms with Gasteiger partial charge < -0.3 is 15.4 Å². The van der Waals surface area contributed by atoms with Gasteiger partial charge in [-0.1, -0.05) is 12.8 Å². The van der Waals surface area contributed by atoms with Gasteiger partial charge >= 0.3 is 0 Å². The summed E-state index contributed by atoms with van der Waals surface area (Å²) in [7, 11) is 2.05. The second kappa shape index (κ2) is 6.19. The maximum atomic E-state index is 6.22. The molecule has 1 saturated carbocycles. The Bertz CT molecular complexity index is 410. The molecule has 0 radical (unpaired) electrons. The summed E-state index contributed by atoms with van der Waals surface area (Å²) >= 11 is 0. The number of ether oxygens (including phenoxy) is 1. The van der Waals surface area contributed by atoms with Crippen LogP contribution in [0.25, 0.3) is 0 Å². The van der Waals surface area contributed by atoms with Crippen LogP contribution in [-0.2, 0) is 0 Å². The normalized spacial score (nSPS) is 23.4. The molecule has 106 valence electrons. The second-order valence-electron chi connectivity index (χ2n) is 5.51. The maximum Gasteiger partial charge on any atom is 0.218 e. The first-order valence-electron chi connectivity index (χ1n) is 7.05. The fraction of sp³-hybridized carbons (Fsp3) is 0.714. The van der Waals surface area contributed by atoms with Crippen LogP contribution in [0.15, 0.2) is 12.4 Å². The number of nitrogens with zero attached hydrogens (tertiary/aromatic N) is 3. The molecule has 5 nitrogen and oxygen atoms in total. The van der Waals surface area contributed by atoms with Crippen molar-refractivity contribution in [2.45, 2.75) is 57.7 Å². The van der Waals surface area contributed by atoms with Gasteiger partial charge in [0.25, 0.3) is 0 Å². The van der Waals surface area contributed by atoms with E-state index in [4.69, 9.17) is 10.5 Å². The van der Waals surface area contributed by atoms with Crippen molar-refractivity contribution in [2.75, 3.05) is 11.9 Å². The number of aromatic nitrogens is 2. The molecule has 0 amide bonds. The zero-order valence-corrected chi connectivity index (χ0v) is 12.0. The molecular formula is C14H24N4O. The summed E-state index contributed by atoms with van der Waals surface area (Å²) < 4.78 is 5.61. The Labute approximate surface area is 115 Å². The molecule has 2 N–H and O–H groups in total. The van der Waals surface area contributed by atoms with E-state index in [1.54, 1.807) is 6.33 Å². The highest BCUT2D eigenvalue weighted by molar-refractivity contribution is 5.41. The van der Waals surface area contributed by atoms with Crippen molar-refractivity contribution in [3.63, 3.8) is 0 Å². The van der Waals surface area contributed by atoms with E-state index < -0.39 is 0 Å². The zero-order valence-electron chi connectivity index (χ0n) is 12.0. The summed E-state index contributed by atoms with van der Waals surface area (Å²) in [5, 5.41) is 0. The van der Waals surface area contributed by atoms with Gasteiger partial charge in [-0.25, -0.2) is 9.97 Å². The van der Waals surface area contributed by atoms with Crippen LogP contribution < -0.4 is 15.4 Å². The standard InChI is InChI=1S/C14H24N4O/c1-10(2)19-14-8-13(16-9-17-14)18(3)12-7-5-4-6-11(12)15/h8-12H,4-7,15H2,1-3H3. The molecule has 0 aromatic carbocycles. The molecule has 0 aliphatic heterocycles. The Morgan fingerprint density at radius 1 is 1.32 bits per heavy atom. The highest BCUT2D eigenvalue weighted by atomic mass is 16.5. The van der Waals surface area contributed by atoms with Gasteiger partial charge in [-0.2, -0.15) is 0 Å². The third kappa shape index (κ3) is 3.56. The summed E-state index contributed by atoms with van der Waals surface area (Å²) in [5.41, 5.74) is 6.22. The molecule has 0 spiro atoms. The van der Waals surface area contributed by atoms with E-state index >= 15 is 0 Å². The van der Waals surface area contributed by atoms with Crippen LogP contribution in [0, 0.1) is 0 Å². The lowest BCUT2D eigenvalue weighted by Gasteiger charge is -2.36. The summed E-state index contributed by atoms with van der Waals surface area (Å²) in [6, 6.07) is 2.47. The number of nitrogens with two attached hydrogens (primary N) is 1. The summed E-state index contributed by atoms with van der Waals surface area (Å²) in [4.78, 5) is 10.6. The van der Waals surface area contributed by atoms with Crippen LogP contribution in [-0.4, -0.2) is 35.2 Å². The lowest BCUT2D eigenvalue weighted by Crippen LogP contribution is -2.48. The molecular weight excluding hydrogens is 240 g/mol. The SMILES string of the molecule is CC(C)Oc1cc(N(C)C2CCCCC2N)ncn1. The lowest BCUT2D eigenvalue weighted by molar-refractivity contribution is 0.232. The third-order valence-electron chi connectivity index (χ3n) is 3.62. The van der Waals surface area contributed by atoms with E-state index in [1.165, 1.54) is 12.8 Å². The van der Waals surface area contributed by atoms with E-state index in [1.807, 2.05) is 19.9 Å². The smallest absolute Gasteiger partial charge is 0.218 e. The minimum absolute atomic E-state index is 0.116. The van der Waals surface area contributed by atoms with Gasteiger partial charge in [0.1, 0.15) is 12.1 Å². The number of hydrogen-bond donors (Lipinski definition) is 1. The zero-order chi connectivity index (χ0) is 13.8. The van der Waals surface area contributed by atoms with Crippen molar-refractivity contribution in [3.05, 3.63) is 12.4 Å². The summed E-state index contributed by atoms with van der Waals surface area (Å²) in [5.74, 6) is 1.50. The number of rotatable bonds is 4. The highest BCUT2D eigenvalue weighted by Crippen LogP contribution is 2.25. The Balaban J connectivity index is 2.11. The van der Waals surface area contributed by atoms with Gasteiger partial charge in [0.2, 0.25) is 5.88 Å². The molecule has 5 heteroatoms. The Hall–Kier alpha value is -1.36. The van der Waals surface area contributed by atoms with Crippen molar-refractivity contribution >= 4 is 5.82 Å². The largest absolute Gasteiger partial charge is 0.475 e. The molecule has 0 bridgehead atoms. The van der Waals surface area contributed by atoms with Gasteiger partial charge in [0.15, 0.2) is 0 Å². The van der Waals surface area contributed by atoms with Crippen LogP contribution >= 0.6 is 0 Å². The predicted octanol–water partition coefficient (Wildman–Crippen LogP) is 1.97. The fourth-order valence-electron chi connectivity index (χ4n) is 2.62. The molecule has 0 saturated heterocycles. The third-order valence-corrected chi connectivity index (χ3v) is 3.62. The van der Waals surface area contributed by atoms with E-state index in [0.29, 0.717) is 11.9 Å². The van der Waals surface area contributed by atoms with Crippen LogP contribution in [0.3, 0.4) is 0 Å². The topological polar surface area (TPSA) is 64.3 Å². The summed E-state index contributed by atoms with van der Waals surface area (Å²) in [6.45, 7) is 3.98. The quantitative estimate of drug-likeness (QED) is 0.900. The van der Waals surface area contributed by atoms with Gasteiger partial charge in [-0.05, 0) is 26.7 Å². The number of anilines is 1. The molecule has 2 rings (SSSR count). The van der Waals surface area contributed by atoms with Crippen molar-refractivity contribution in [1.29, 1.82) is 0 Å². The molecule has 19 heavy (non-hydrogen) atoms. The predicted molar refractivity (Wildman–Crippen MR) is 76.4 cm³/mol. The van der Waals surface area contributed by atoms with Crippen LogP contribution in [0.5, 0.6) is 5.88 Å². The van der Waals surface area contributed by atoms with Crippen molar-refractivity contribution in [2.24, 2.45) is 5.73 Å². The average Bonchev–Trinajstić information content (AvgIpc) is 2.38. The summed E-state index contributed by atoms with van der Waals surface area (Å²) in [6.07, 6.45) is 6.36. The van der Waals surface area contributed by atoms with Crippen LogP contribution in [0.2, 0.25) is 0 Å². The van der Waals surface area contributed by atoms with E-state index in [2.05, 4.69) is 21.9 Å². The monoisotopic (exact) mass is 264 g/mol. The lowest BCUT2D eigenvalue weighted by atomic mass is 9.90. The molecule has 1 fully saturated rings. The first-order chi connectivity index (χ1) is 9.08. The van der Waals surface area contributed by atoms with Gasteiger partial charge in [-0.3, -0.25) is 0 Å². The van der Waals surface area contributed by atoms with E-state index in [9.17, 15) is 0 Å². The Morgan fingerprint density at radius 3 is 2.74 bits per heavy atom. The number of hydrogen-bond acceptors (Lipinski definition) is 5. The van der Waals surface area contributed by atoms with E-state index in [0.717, 1.165) is 18.7 Å². The Morgan fingerprint density at radius 2 is 2.05 bits per heavy atom. The van der Waals surface area contributed by atoms with Crippen LogP contribution in [0.4, 0.5) is 5.82 Å². The van der Waals surface area contributed by atoms with Crippen molar-refractivity contribution < 1.29 is 4.74 Å². The van der Waals surface area contributed by atoms with Gasteiger partial charge in [0.05, 0.1) is 6.10 Å². The molecule has 1 heterocycles. The van der Waals surface area contributed by atoms with Gasteiger partial charge in [0, 0.05) is 25.2 Å². The minimum atomic E-state index is 0.116. The highest BCUT2D eigenvalue weighted by Gasteiger charge is 2.26. The minimum Gasteiger partial charge on any atom is -0.475 e. The second-order valence-corrected chi connectivity index (χ2v) is 5.51. The average molecular weight is 264 g/mol. The Kier molecular flexibility index (Phi) is 4.58.